The number of aldehydes is 1. The molecule has 4 nitrogen and oxygen atoms in total. The summed E-state index contributed by atoms with van der Waals surface area (Å²) in [5.41, 5.74) is 6.31. The van der Waals surface area contributed by atoms with E-state index in [-0.39, 0.29) is 11.3 Å². The summed E-state index contributed by atoms with van der Waals surface area (Å²) in [6.45, 7) is 0. The minimum Gasteiger partial charge on any atom is -0.478 e. The smallest absolute Gasteiger partial charge is 0.335 e. The minimum absolute atomic E-state index is 0.0964. The van der Waals surface area contributed by atoms with E-state index in [1.165, 1.54) is 18.2 Å². The van der Waals surface area contributed by atoms with Gasteiger partial charge in [0.1, 0.15) is 0 Å². The number of aromatic carboxylic acids is 1. The molecule has 0 bridgehead atoms. The third-order valence-electron chi connectivity index (χ3n) is 1.56. The molecule has 4 heteroatoms. The van der Waals surface area contributed by atoms with Crippen molar-refractivity contribution in [2.24, 2.45) is 0 Å². The third-order valence-corrected chi connectivity index (χ3v) is 1.56. The molecule has 70 valence electrons. The number of rotatable bonds is 1. The number of hydrogen-bond donors (Lipinski definition) is 2. The van der Waals surface area contributed by atoms with E-state index in [4.69, 9.17) is 10.8 Å². The van der Waals surface area contributed by atoms with Crippen LogP contribution in [0.4, 0.5) is 5.69 Å². The second-order valence-corrected chi connectivity index (χ2v) is 2.49. The fourth-order valence-electron chi connectivity index (χ4n) is 0.917. The average molecular weight is 189 g/mol. The molecular weight excluding hydrogens is 182 g/mol. The van der Waals surface area contributed by atoms with E-state index in [0.717, 1.165) is 0 Å². The first-order valence-electron chi connectivity index (χ1n) is 3.73. The van der Waals surface area contributed by atoms with Crippen LogP contribution in [0.1, 0.15) is 15.9 Å². The van der Waals surface area contributed by atoms with Crippen molar-refractivity contribution in [1.82, 2.24) is 0 Å². The molecule has 0 aliphatic carbocycles. The summed E-state index contributed by atoms with van der Waals surface area (Å²) in [7, 11) is 0. The highest BCUT2D eigenvalue weighted by Gasteiger charge is 2.04. The van der Waals surface area contributed by atoms with Crippen molar-refractivity contribution in [2.45, 2.75) is 0 Å². The van der Waals surface area contributed by atoms with E-state index >= 15 is 0 Å². The van der Waals surface area contributed by atoms with Crippen LogP contribution in [0.5, 0.6) is 0 Å². The first-order chi connectivity index (χ1) is 6.65. The molecule has 1 aromatic carbocycles. The molecule has 0 saturated carbocycles. The summed E-state index contributed by atoms with van der Waals surface area (Å²) < 4.78 is 0. The van der Waals surface area contributed by atoms with Crippen molar-refractivity contribution in [2.75, 3.05) is 5.73 Å². The molecule has 0 spiro atoms. The van der Waals surface area contributed by atoms with E-state index in [2.05, 4.69) is 11.8 Å². The zero-order valence-electron chi connectivity index (χ0n) is 7.15. The molecule has 0 aliphatic heterocycles. The van der Waals surface area contributed by atoms with Crippen molar-refractivity contribution in [3.63, 3.8) is 0 Å². The Morgan fingerprint density at radius 2 is 2.21 bits per heavy atom. The van der Waals surface area contributed by atoms with E-state index in [1.807, 2.05) is 0 Å². The quantitative estimate of drug-likeness (QED) is 0.383. The maximum absolute atomic E-state index is 10.5. The molecule has 14 heavy (non-hydrogen) atoms. The number of carboxylic acid groups (broad SMARTS) is 1. The molecule has 0 fully saturated rings. The summed E-state index contributed by atoms with van der Waals surface area (Å²) in [4.78, 5) is 20.5. The lowest BCUT2D eigenvalue weighted by atomic mass is 10.1. The van der Waals surface area contributed by atoms with Gasteiger partial charge in [-0.2, -0.15) is 0 Å². The number of carbonyl (C=O) groups is 2. The fourth-order valence-corrected chi connectivity index (χ4v) is 0.917. The van der Waals surface area contributed by atoms with Gasteiger partial charge in [0.15, 0.2) is 6.29 Å². The van der Waals surface area contributed by atoms with Crippen LogP contribution in [0.2, 0.25) is 0 Å². The summed E-state index contributed by atoms with van der Waals surface area (Å²) in [5, 5.41) is 8.63. The summed E-state index contributed by atoms with van der Waals surface area (Å²) in [5.74, 6) is 3.64. The van der Waals surface area contributed by atoms with E-state index in [0.29, 0.717) is 11.8 Å². The Labute approximate surface area is 80.3 Å². The van der Waals surface area contributed by atoms with Gasteiger partial charge in [-0.05, 0) is 24.1 Å². The third kappa shape index (κ3) is 2.11. The average Bonchev–Trinajstić information content (AvgIpc) is 2.15. The maximum atomic E-state index is 10.5. The van der Waals surface area contributed by atoms with E-state index in [9.17, 15) is 9.59 Å². The van der Waals surface area contributed by atoms with Gasteiger partial charge in [0, 0.05) is 11.3 Å². The largest absolute Gasteiger partial charge is 0.478 e. The van der Waals surface area contributed by atoms with Gasteiger partial charge in [-0.15, -0.1) is 0 Å². The van der Waals surface area contributed by atoms with Crippen LogP contribution in [-0.2, 0) is 4.79 Å². The first kappa shape index (κ1) is 9.81. The van der Waals surface area contributed by atoms with Crippen LogP contribution >= 0.6 is 0 Å². The second kappa shape index (κ2) is 4.10. The Morgan fingerprint density at radius 3 is 2.71 bits per heavy atom. The van der Waals surface area contributed by atoms with Gasteiger partial charge >= 0.3 is 5.97 Å². The Morgan fingerprint density at radius 1 is 1.50 bits per heavy atom. The van der Waals surface area contributed by atoms with Crippen LogP contribution < -0.4 is 5.73 Å². The van der Waals surface area contributed by atoms with E-state index < -0.39 is 5.97 Å². The topological polar surface area (TPSA) is 80.4 Å². The highest BCUT2D eigenvalue weighted by atomic mass is 16.4. The van der Waals surface area contributed by atoms with Crippen molar-refractivity contribution < 1.29 is 14.7 Å². The number of hydrogen-bond acceptors (Lipinski definition) is 3. The van der Waals surface area contributed by atoms with Crippen LogP contribution in [0.15, 0.2) is 18.2 Å². The molecule has 0 unspecified atom stereocenters. The molecule has 0 amide bonds. The molecule has 0 aliphatic rings. The predicted octanol–water partition coefficient (Wildman–Crippen LogP) is 0.517. The number of nitrogens with two attached hydrogens (primary N) is 1. The highest BCUT2D eigenvalue weighted by molar-refractivity contribution is 5.89. The van der Waals surface area contributed by atoms with Crippen LogP contribution in [0, 0.1) is 11.8 Å². The van der Waals surface area contributed by atoms with Crippen molar-refractivity contribution in [3.05, 3.63) is 29.3 Å². The van der Waals surface area contributed by atoms with Crippen molar-refractivity contribution >= 4 is 17.9 Å². The molecule has 0 saturated heterocycles. The normalized spacial score (nSPS) is 8.57. The number of carboxylic acids is 1. The SMILES string of the molecule is Nc1cc(C(=O)O)ccc1C#CC=O. The Balaban J connectivity index is 3.13. The number of anilines is 1. The minimum atomic E-state index is -1.05. The van der Waals surface area contributed by atoms with E-state index in [1.54, 1.807) is 0 Å². The molecular formula is C10H7NO3. The maximum Gasteiger partial charge on any atom is 0.335 e. The molecule has 0 aromatic heterocycles. The van der Waals surface area contributed by atoms with Gasteiger partial charge in [0.25, 0.3) is 0 Å². The van der Waals surface area contributed by atoms with Crippen LogP contribution in [0.25, 0.3) is 0 Å². The van der Waals surface area contributed by atoms with Crippen molar-refractivity contribution in [1.29, 1.82) is 0 Å². The lowest BCUT2D eigenvalue weighted by Gasteiger charge is -1.99. The van der Waals surface area contributed by atoms with Gasteiger partial charge in [0.2, 0.25) is 0 Å². The summed E-state index contributed by atoms with van der Waals surface area (Å²) >= 11 is 0. The highest BCUT2D eigenvalue weighted by Crippen LogP contribution is 2.12. The summed E-state index contributed by atoms with van der Waals surface area (Å²) in [6, 6.07) is 4.15. The van der Waals surface area contributed by atoms with Crippen LogP contribution in [0.3, 0.4) is 0 Å². The van der Waals surface area contributed by atoms with Crippen LogP contribution in [-0.4, -0.2) is 17.4 Å². The number of benzene rings is 1. The Bertz CT molecular complexity index is 440. The molecule has 0 atom stereocenters. The van der Waals surface area contributed by atoms with Gasteiger partial charge in [-0.25, -0.2) is 4.79 Å². The zero-order chi connectivity index (χ0) is 10.6. The molecule has 0 radical (unpaired) electrons. The van der Waals surface area contributed by atoms with Gasteiger partial charge in [-0.3, -0.25) is 4.79 Å². The molecule has 3 N–H and O–H groups in total. The van der Waals surface area contributed by atoms with Gasteiger partial charge < -0.3 is 10.8 Å². The second-order valence-electron chi connectivity index (χ2n) is 2.49. The zero-order valence-corrected chi connectivity index (χ0v) is 7.15. The Hall–Kier alpha value is -2.28. The first-order valence-corrected chi connectivity index (χ1v) is 3.73. The molecule has 1 aromatic rings. The predicted molar refractivity (Wildman–Crippen MR) is 50.8 cm³/mol. The summed E-state index contributed by atoms with van der Waals surface area (Å²) in [6.07, 6.45) is 0.449. The fraction of sp³-hybridized carbons (Fsp3) is 0. The Kier molecular flexibility index (Phi) is 2.87. The number of carbonyl (C=O) groups excluding carboxylic acids is 1. The lowest BCUT2D eigenvalue weighted by molar-refractivity contribution is -0.103. The van der Waals surface area contributed by atoms with Gasteiger partial charge in [-0.1, -0.05) is 5.92 Å². The molecule has 0 heterocycles. The standard InChI is InChI=1S/C10H7NO3/c11-9-6-8(10(13)14)4-3-7(9)2-1-5-12/h3-6H,11H2,(H,13,14). The molecule has 1 rings (SSSR count). The van der Waals surface area contributed by atoms with Crippen molar-refractivity contribution in [3.8, 4) is 11.8 Å². The number of nitrogen functional groups attached to an aromatic ring is 1. The monoisotopic (exact) mass is 189 g/mol. The van der Waals surface area contributed by atoms with Gasteiger partial charge in [0.05, 0.1) is 5.56 Å². The lowest BCUT2D eigenvalue weighted by Crippen LogP contribution is -1.99.